The lowest BCUT2D eigenvalue weighted by Gasteiger charge is -2.05. The molecule has 3 heterocycles. The Balaban J connectivity index is 1.71. The van der Waals surface area contributed by atoms with Crippen LogP contribution in [0.25, 0.3) is 15.9 Å². The minimum absolute atomic E-state index is 0.773. The molecule has 0 atom stereocenters. The first-order valence-electron chi connectivity index (χ1n) is 6.26. The van der Waals surface area contributed by atoms with Crippen LogP contribution in [0.2, 0.25) is 0 Å². The largest absolute Gasteiger partial charge is 0.457 e. The number of hydrogen-bond donors (Lipinski definition) is 0. The van der Waals surface area contributed by atoms with E-state index in [1.807, 2.05) is 54.0 Å². The van der Waals surface area contributed by atoms with Gasteiger partial charge in [-0.25, -0.2) is 9.97 Å². The molecule has 0 radical (unpaired) electrons. The van der Waals surface area contributed by atoms with Gasteiger partial charge in [0.1, 0.15) is 17.1 Å². The van der Waals surface area contributed by atoms with E-state index in [1.54, 1.807) is 17.5 Å². The third-order valence-corrected chi connectivity index (χ3v) is 4.02. The van der Waals surface area contributed by atoms with Crippen molar-refractivity contribution in [3.05, 3.63) is 53.9 Å². The second-order valence-electron chi connectivity index (χ2n) is 4.52. The smallest absolute Gasteiger partial charge is 0.140 e. The number of imidazole rings is 1. The Morgan fingerprint density at radius 2 is 2.00 bits per heavy atom. The van der Waals surface area contributed by atoms with Crippen molar-refractivity contribution in [3.63, 3.8) is 0 Å². The monoisotopic (exact) mass is 281 g/mol. The molecule has 4 nitrogen and oxygen atoms in total. The van der Waals surface area contributed by atoms with Gasteiger partial charge in [0, 0.05) is 30.7 Å². The van der Waals surface area contributed by atoms with Gasteiger partial charge >= 0.3 is 0 Å². The number of pyridine rings is 1. The zero-order valence-corrected chi connectivity index (χ0v) is 11.6. The van der Waals surface area contributed by atoms with Gasteiger partial charge in [-0.3, -0.25) is 0 Å². The van der Waals surface area contributed by atoms with Crippen molar-refractivity contribution in [2.24, 2.45) is 0 Å². The van der Waals surface area contributed by atoms with E-state index < -0.39 is 0 Å². The Kier molecular flexibility index (Phi) is 2.47. The van der Waals surface area contributed by atoms with Crippen LogP contribution >= 0.6 is 11.3 Å². The van der Waals surface area contributed by atoms with Crippen LogP contribution in [0.3, 0.4) is 0 Å². The van der Waals surface area contributed by atoms with Crippen molar-refractivity contribution in [1.29, 1.82) is 0 Å². The summed E-state index contributed by atoms with van der Waals surface area (Å²) in [7, 11) is 0. The summed E-state index contributed by atoms with van der Waals surface area (Å²) in [5.74, 6) is 1.56. The molecule has 0 fully saturated rings. The number of ether oxygens (including phenoxy) is 1. The molecule has 0 spiro atoms. The number of aromatic nitrogens is 3. The number of aryl methyl sites for hydroxylation is 1. The highest BCUT2D eigenvalue weighted by atomic mass is 32.1. The van der Waals surface area contributed by atoms with E-state index >= 15 is 0 Å². The lowest BCUT2D eigenvalue weighted by molar-refractivity contribution is 0.483. The van der Waals surface area contributed by atoms with Crippen LogP contribution in [-0.4, -0.2) is 14.4 Å². The van der Waals surface area contributed by atoms with Crippen LogP contribution in [0.5, 0.6) is 11.5 Å². The Hall–Kier alpha value is -2.40. The van der Waals surface area contributed by atoms with Gasteiger partial charge in [0.2, 0.25) is 0 Å². The number of hydrogen-bond acceptors (Lipinski definition) is 4. The second-order valence-corrected chi connectivity index (χ2v) is 5.75. The van der Waals surface area contributed by atoms with Gasteiger partial charge in [0.05, 0.1) is 15.2 Å². The molecule has 20 heavy (non-hydrogen) atoms. The highest BCUT2D eigenvalue weighted by Crippen LogP contribution is 2.28. The fourth-order valence-electron chi connectivity index (χ4n) is 2.18. The normalized spacial score (nSPS) is 11.2. The van der Waals surface area contributed by atoms with Gasteiger partial charge in [-0.15, -0.1) is 11.3 Å². The molecular formula is C15H11N3OS. The molecule has 0 amide bonds. The molecule has 5 heteroatoms. The van der Waals surface area contributed by atoms with E-state index in [9.17, 15) is 0 Å². The number of nitrogens with zero attached hydrogens (tertiary/aromatic N) is 3. The standard InChI is InChI=1S/C15H11N3OS/c1-10-17-13-8-11(2-3-14(13)20-10)19-12-4-6-18-7-5-16-15(18)9-12/h2-9H,1H3. The summed E-state index contributed by atoms with van der Waals surface area (Å²) in [6, 6.07) is 9.81. The summed E-state index contributed by atoms with van der Waals surface area (Å²) < 4.78 is 9.01. The molecule has 4 rings (SSSR count). The first kappa shape index (κ1) is 11.4. The summed E-state index contributed by atoms with van der Waals surface area (Å²) in [6.07, 6.45) is 5.61. The fraction of sp³-hybridized carbons (Fsp3) is 0.0667. The van der Waals surface area contributed by atoms with Crippen LogP contribution in [0, 0.1) is 6.92 Å². The highest BCUT2D eigenvalue weighted by molar-refractivity contribution is 7.18. The topological polar surface area (TPSA) is 39.4 Å². The Bertz CT molecular complexity index is 910. The van der Waals surface area contributed by atoms with Gasteiger partial charge in [-0.1, -0.05) is 0 Å². The minimum Gasteiger partial charge on any atom is -0.457 e. The predicted molar refractivity (Wildman–Crippen MR) is 79.6 cm³/mol. The first-order valence-corrected chi connectivity index (χ1v) is 7.07. The van der Waals surface area contributed by atoms with Crippen molar-refractivity contribution in [1.82, 2.24) is 14.4 Å². The van der Waals surface area contributed by atoms with Crippen LogP contribution < -0.4 is 4.74 Å². The molecule has 0 aliphatic carbocycles. The van der Waals surface area contributed by atoms with Crippen molar-refractivity contribution < 1.29 is 4.74 Å². The SMILES string of the molecule is Cc1nc2cc(Oc3ccn4ccnc4c3)ccc2s1. The summed E-state index contributed by atoms with van der Waals surface area (Å²) in [5.41, 5.74) is 1.85. The lowest BCUT2D eigenvalue weighted by Crippen LogP contribution is -1.87. The third kappa shape index (κ3) is 1.92. The molecule has 0 saturated heterocycles. The lowest BCUT2D eigenvalue weighted by atomic mass is 10.3. The molecule has 4 aromatic rings. The fourth-order valence-corrected chi connectivity index (χ4v) is 2.98. The van der Waals surface area contributed by atoms with Gasteiger partial charge in [-0.2, -0.15) is 0 Å². The van der Waals surface area contributed by atoms with E-state index in [1.165, 1.54) is 4.70 Å². The summed E-state index contributed by atoms with van der Waals surface area (Å²) in [4.78, 5) is 8.73. The van der Waals surface area contributed by atoms with Crippen molar-refractivity contribution >= 4 is 27.2 Å². The van der Waals surface area contributed by atoms with Crippen LogP contribution in [-0.2, 0) is 0 Å². The molecule has 0 N–H and O–H groups in total. The Morgan fingerprint density at radius 1 is 1.10 bits per heavy atom. The highest BCUT2D eigenvalue weighted by Gasteiger charge is 2.04. The molecule has 3 aromatic heterocycles. The maximum atomic E-state index is 5.88. The third-order valence-electron chi connectivity index (χ3n) is 3.07. The van der Waals surface area contributed by atoms with E-state index in [2.05, 4.69) is 9.97 Å². The zero-order valence-electron chi connectivity index (χ0n) is 10.8. The molecule has 0 aliphatic heterocycles. The molecular weight excluding hydrogens is 270 g/mol. The minimum atomic E-state index is 0.773. The second kappa shape index (κ2) is 4.31. The van der Waals surface area contributed by atoms with Gasteiger partial charge in [0.15, 0.2) is 0 Å². The van der Waals surface area contributed by atoms with Crippen LogP contribution in [0.15, 0.2) is 48.9 Å². The summed E-state index contributed by atoms with van der Waals surface area (Å²) in [6.45, 7) is 2.01. The van der Waals surface area contributed by atoms with Crippen LogP contribution in [0.4, 0.5) is 0 Å². The molecule has 0 bridgehead atoms. The molecule has 0 unspecified atom stereocenters. The number of benzene rings is 1. The zero-order chi connectivity index (χ0) is 13.5. The first-order chi connectivity index (χ1) is 9.78. The van der Waals surface area contributed by atoms with Gasteiger partial charge in [0.25, 0.3) is 0 Å². The Labute approximate surface area is 119 Å². The maximum Gasteiger partial charge on any atom is 0.140 e. The molecule has 1 aromatic carbocycles. The van der Waals surface area contributed by atoms with E-state index in [0.29, 0.717) is 0 Å². The maximum absolute atomic E-state index is 5.88. The van der Waals surface area contributed by atoms with Crippen molar-refractivity contribution in [2.75, 3.05) is 0 Å². The predicted octanol–water partition coefficient (Wildman–Crippen LogP) is 4.04. The molecule has 0 aliphatic rings. The van der Waals surface area contributed by atoms with E-state index in [-0.39, 0.29) is 0 Å². The summed E-state index contributed by atoms with van der Waals surface area (Å²) >= 11 is 1.69. The average molecular weight is 281 g/mol. The number of thiazole rings is 1. The molecule has 0 saturated carbocycles. The Morgan fingerprint density at radius 3 is 2.95 bits per heavy atom. The van der Waals surface area contributed by atoms with Crippen molar-refractivity contribution in [3.8, 4) is 11.5 Å². The summed E-state index contributed by atoms with van der Waals surface area (Å²) in [5, 5.41) is 1.07. The van der Waals surface area contributed by atoms with Crippen LogP contribution in [0.1, 0.15) is 5.01 Å². The van der Waals surface area contributed by atoms with E-state index in [4.69, 9.17) is 4.74 Å². The molecule has 98 valence electrons. The van der Waals surface area contributed by atoms with E-state index in [0.717, 1.165) is 27.7 Å². The average Bonchev–Trinajstić information content (AvgIpc) is 3.02. The quantitative estimate of drug-likeness (QED) is 0.556. The van der Waals surface area contributed by atoms with Gasteiger partial charge < -0.3 is 9.14 Å². The number of fused-ring (bicyclic) bond motifs is 2. The van der Waals surface area contributed by atoms with Crippen molar-refractivity contribution in [2.45, 2.75) is 6.92 Å². The van der Waals surface area contributed by atoms with Gasteiger partial charge in [-0.05, 0) is 25.1 Å². The number of rotatable bonds is 2.